The number of amides is 2. The van der Waals surface area contributed by atoms with E-state index in [9.17, 15) is 18.0 Å². The predicted octanol–water partition coefficient (Wildman–Crippen LogP) is 4.02. The molecule has 3 rings (SSSR count). The van der Waals surface area contributed by atoms with Crippen LogP contribution >= 0.6 is 0 Å². The first-order chi connectivity index (χ1) is 19.6. The monoisotopic (exact) mass is 581 g/mol. The summed E-state index contributed by atoms with van der Waals surface area (Å²) in [5.41, 5.74) is 1.84. The molecule has 3 aromatic carbocycles. The van der Waals surface area contributed by atoms with Gasteiger partial charge in [0.15, 0.2) is 0 Å². The van der Waals surface area contributed by atoms with Crippen molar-refractivity contribution in [1.82, 2.24) is 10.2 Å². The van der Waals surface area contributed by atoms with Crippen LogP contribution in [0.2, 0.25) is 0 Å². The van der Waals surface area contributed by atoms with Crippen LogP contribution in [0.15, 0.2) is 78.9 Å². The number of ether oxygens (including phenoxy) is 2. The molecule has 2 unspecified atom stereocenters. The van der Waals surface area contributed by atoms with Gasteiger partial charge in [-0.05, 0) is 36.6 Å². The van der Waals surface area contributed by atoms with E-state index in [0.29, 0.717) is 12.2 Å². The van der Waals surface area contributed by atoms with E-state index in [1.54, 1.807) is 12.1 Å². The van der Waals surface area contributed by atoms with E-state index in [2.05, 4.69) is 5.32 Å². The summed E-state index contributed by atoms with van der Waals surface area (Å²) in [7, 11) is -1.07. The van der Waals surface area contributed by atoms with Crippen LogP contribution < -0.4 is 19.1 Å². The summed E-state index contributed by atoms with van der Waals surface area (Å²) in [6, 6.07) is 22.5. The van der Waals surface area contributed by atoms with Gasteiger partial charge in [0.25, 0.3) is 0 Å². The van der Waals surface area contributed by atoms with Crippen molar-refractivity contribution in [3.8, 4) is 11.5 Å². The van der Waals surface area contributed by atoms with Gasteiger partial charge in [0.05, 0.1) is 26.2 Å². The molecule has 0 radical (unpaired) electrons. The van der Waals surface area contributed by atoms with Gasteiger partial charge in [-0.2, -0.15) is 0 Å². The van der Waals surface area contributed by atoms with Crippen LogP contribution in [0.5, 0.6) is 11.5 Å². The van der Waals surface area contributed by atoms with Crippen LogP contribution in [-0.4, -0.2) is 64.2 Å². The molecule has 0 saturated carbocycles. The fourth-order valence-corrected chi connectivity index (χ4v) is 5.21. The number of rotatable bonds is 14. The molecule has 3 aromatic rings. The summed E-state index contributed by atoms with van der Waals surface area (Å²) in [6.07, 6.45) is 1.99. The Morgan fingerprint density at radius 2 is 1.51 bits per heavy atom. The Hall–Kier alpha value is -4.05. The largest absolute Gasteiger partial charge is 0.497 e. The van der Waals surface area contributed by atoms with Gasteiger partial charge in [0.2, 0.25) is 21.8 Å². The average Bonchev–Trinajstić information content (AvgIpc) is 2.97. The third-order valence-electron chi connectivity index (χ3n) is 6.80. The maximum Gasteiger partial charge on any atom is 0.244 e. The maximum atomic E-state index is 14.2. The molecule has 220 valence electrons. The molecule has 0 aliphatic carbocycles. The van der Waals surface area contributed by atoms with E-state index < -0.39 is 28.5 Å². The number of hydrogen-bond donors (Lipinski definition) is 1. The highest BCUT2D eigenvalue weighted by Crippen LogP contribution is 2.34. The number of carbonyl (C=O) groups excluding carboxylic acids is 2. The molecule has 0 heterocycles. The SMILES string of the molecule is CCC(C)NC(=O)C(Cc1ccccc1)N(Cc1ccccc1)C(=O)CN(c1cc(OC)ccc1OC)S(C)(=O)=O. The molecule has 2 amide bonds. The van der Waals surface area contributed by atoms with E-state index in [1.807, 2.05) is 74.5 Å². The second-order valence-corrected chi connectivity index (χ2v) is 11.7. The molecule has 0 fully saturated rings. The Bertz CT molecular complexity index is 1400. The number of sulfonamides is 1. The lowest BCUT2D eigenvalue weighted by Crippen LogP contribution is -2.54. The number of nitrogens with zero attached hydrogens (tertiary/aromatic N) is 2. The number of hydrogen-bond acceptors (Lipinski definition) is 6. The van der Waals surface area contributed by atoms with Crippen LogP contribution in [0.1, 0.15) is 31.4 Å². The molecule has 2 atom stereocenters. The molecule has 0 spiro atoms. The van der Waals surface area contributed by atoms with Crippen molar-refractivity contribution in [2.45, 2.75) is 45.3 Å². The molecule has 0 saturated heterocycles. The van der Waals surface area contributed by atoms with Crippen LogP contribution in [0, 0.1) is 0 Å². The summed E-state index contributed by atoms with van der Waals surface area (Å²) in [6.45, 7) is 3.44. The number of nitrogens with one attached hydrogen (secondary N) is 1. The lowest BCUT2D eigenvalue weighted by Gasteiger charge is -2.34. The van der Waals surface area contributed by atoms with E-state index in [1.165, 1.54) is 25.2 Å². The minimum atomic E-state index is -3.96. The number of anilines is 1. The second kappa shape index (κ2) is 14.5. The molecule has 9 nitrogen and oxygen atoms in total. The van der Waals surface area contributed by atoms with Crippen molar-refractivity contribution in [1.29, 1.82) is 0 Å². The fourth-order valence-electron chi connectivity index (χ4n) is 4.36. The zero-order chi connectivity index (χ0) is 30.0. The maximum absolute atomic E-state index is 14.2. The molecular formula is C31H39N3O6S. The normalized spacial score (nSPS) is 12.6. The highest BCUT2D eigenvalue weighted by molar-refractivity contribution is 7.92. The molecule has 0 aromatic heterocycles. The lowest BCUT2D eigenvalue weighted by atomic mass is 10.0. The van der Waals surface area contributed by atoms with Crippen molar-refractivity contribution < 1.29 is 27.5 Å². The van der Waals surface area contributed by atoms with Crippen LogP contribution in [0.25, 0.3) is 0 Å². The first-order valence-corrected chi connectivity index (χ1v) is 15.3. The third kappa shape index (κ3) is 8.72. The molecule has 41 heavy (non-hydrogen) atoms. The average molecular weight is 582 g/mol. The molecule has 0 aliphatic rings. The van der Waals surface area contributed by atoms with Crippen LogP contribution in [-0.2, 0) is 32.6 Å². The fraction of sp³-hybridized carbons (Fsp3) is 0.355. The van der Waals surface area contributed by atoms with Gasteiger partial charge in [-0.3, -0.25) is 13.9 Å². The van der Waals surface area contributed by atoms with Gasteiger partial charge in [-0.25, -0.2) is 8.42 Å². The predicted molar refractivity (Wildman–Crippen MR) is 161 cm³/mol. The Morgan fingerprint density at radius 1 is 0.902 bits per heavy atom. The standard InChI is InChI=1S/C31H39N3O6S/c1-6-23(2)32-31(36)28(19-24-13-9-7-10-14-24)33(21-25-15-11-8-12-16-25)30(35)22-34(41(5,37)38)27-20-26(39-3)17-18-29(27)40-4/h7-18,20,23,28H,6,19,21-22H2,1-5H3,(H,32,36). The molecule has 10 heteroatoms. The van der Waals surface area contributed by atoms with Crippen LogP contribution in [0.4, 0.5) is 5.69 Å². The number of methoxy groups -OCH3 is 2. The minimum Gasteiger partial charge on any atom is -0.497 e. The van der Waals surface area contributed by atoms with Crippen LogP contribution in [0.3, 0.4) is 0 Å². The van der Waals surface area contributed by atoms with Crippen molar-refractivity contribution in [3.05, 3.63) is 90.0 Å². The van der Waals surface area contributed by atoms with E-state index in [-0.39, 0.29) is 36.4 Å². The first kappa shape index (κ1) is 31.5. The van der Waals surface area contributed by atoms with Gasteiger partial charge in [0.1, 0.15) is 24.1 Å². The molecule has 1 N–H and O–H groups in total. The highest BCUT2D eigenvalue weighted by atomic mass is 32.2. The smallest absolute Gasteiger partial charge is 0.244 e. The summed E-state index contributed by atoms with van der Waals surface area (Å²) >= 11 is 0. The van der Waals surface area contributed by atoms with E-state index in [4.69, 9.17) is 9.47 Å². The number of carbonyl (C=O) groups is 2. The summed E-state index contributed by atoms with van der Waals surface area (Å²) in [5, 5.41) is 3.02. The zero-order valence-corrected chi connectivity index (χ0v) is 25.1. The molecular weight excluding hydrogens is 542 g/mol. The van der Waals surface area contributed by atoms with Crippen molar-refractivity contribution in [2.24, 2.45) is 0 Å². The lowest BCUT2D eigenvalue weighted by molar-refractivity contribution is -0.140. The first-order valence-electron chi connectivity index (χ1n) is 13.4. The Labute approximate surface area is 243 Å². The van der Waals surface area contributed by atoms with E-state index >= 15 is 0 Å². The van der Waals surface area contributed by atoms with Gasteiger partial charge >= 0.3 is 0 Å². The second-order valence-electron chi connectivity index (χ2n) is 9.84. The van der Waals surface area contributed by atoms with E-state index in [0.717, 1.165) is 21.7 Å². The van der Waals surface area contributed by atoms with Gasteiger partial charge in [-0.15, -0.1) is 0 Å². The Morgan fingerprint density at radius 3 is 2.05 bits per heavy atom. The third-order valence-corrected chi connectivity index (χ3v) is 7.93. The van der Waals surface area contributed by atoms with Crippen molar-refractivity contribution in [3.63, 3.8) is 0 Å². The zero-order valence-electron chi connectivity index (χ0n) is 24.2. The summed E-state index contributed by atoms with van der Waals surface area (Å²) in [5.74, 6) is -0.186. The van der Waals surface area contributed by atoms with Crippen molar-refractivity contribution >= 4 is 27.5 Å². The summed E-state index contributed by atoms with van der Waals surface area (Å²) in [4.78, 5) is 29.4. The molecule has 0 bridgehead atoms. The van der Waals surface area contributed by atoms with Gasteiger partial charge in [-0.1, -0.05) is 67.6 Å². The Kier molecular flexibility index (Phi) is 11.2. The highest BCUT2D eigenvalue weighted by Gasteiger charge is 2.34. The topological polar surface area (TPSA) is 105 Å². The summed E-state index contributed by atoms with van der Waals surface area (Å²) < 4.78 is 37.9. The quantitative estimate of drug-likeness (QED) is 0.308. The minimum absolute atomic E-state index is 0.108. The van der Waals surface area contributed by atoms with Gasteiger partial charge in [0, 0.05) is 25.1 Å². The van der Waals surface area contributed by atoms with Gasteiger partial charge < -0.3 is 19.7 Å². The molecule has 0 aliphatic heterocycles. The van der Waals surface area contributed by atoms with Crippen molar-refractivity contribution in [2.75, 3.05) is 31.3 Å². The Balaban J connectivity index is 2.09. The number of benzene rings is 3.